The topological polar surface area (TPSA) is 0 Å². The fraction of sp³-hybridized carbons (Fsp3) is 1.00. The molecule has 5 atom stereocenters. The van der Waals surface area contributed by atoms with E-state index in [1.54, 1.807) is 12.8 Å². The minimum atomic E-state index is 0.747. The average Bonchev–Trinajstić information content (AvgIpc) is 2.64. The van der Waals surface area contributed by atoms with Crippen LogP contribution in [0.4, 0.5) is 0 Å². The molecule has 0 radical (unpaired) electrons. The zero-order chi connectivity index (χ0) is 8.56. The van der Waals surface area contributed by atoms with Crippen LogP contribution in [0.3, 0.4) is 0 Å². The molecule has 3 fully saturated rings. The summed E-state index contributed by atoms with van der Waals surface area (Å²) in [7, 11) is 0. The minimum absolute atomic E-state index is 0.747. The maximum absolute atomic E-state index is 2.58. The molecule has 1 spiro atoms. The molecule has 0 aliphatic heterocycles. The van der Waals surface area contributed by atoms with Crippen molar-refractivity contribution in [1.82, 2.24) is 0 Å². The zero-order valence-corrected chi connectivity index (χ0v) is 8.56. The highest BCUT2D eigenvalue weighted by atomic mass is 14.8. The average molecular weight is 164 g/mol. The summed E-state index contributed by atoms with van der Waals surface area (Å²) in [6, 6.07) is 0. The first-order valence-corrected chi connectivity index (χ1v) is 5.61. The fourth-order valence-electron chi connectivity index (χ4n) is 4.99. The molecule has 3 saturated carbocycles. The van der Waals surface area contributed by atoms with Gasteiger partial charge in [0, 0.05) is 0 Å². The summed E-state index contributed by atoms with van der Waals surface area (Å²) < 4.78 is 0. The highest BCUT2D eigenvalue weighted by Gasteiger charge is 2.74. The minimum Gasteiger partial charge on any atom is -0.0620 e. The Kier molecular flexibility index (Phi) is 1.09. The van der Waals surface area contributed by atoms with Crippen molar-refractivity contribution in [3.05, 3.63) is 0 Å². The predicted octanol–water partition coefficient (Wildman–Crippen LogP) is 3.47. The second-order valence-corrected chi connectivity index (χ2v) is 5.94. The van der Waals surface area contributed by atoms with Crippen molar-refractivity contribution in [1.29, 1.82) is 0 Å². The Hall–Kier alpha value is 0. The van der Waals surface area contributed by atoms with Crippen molar-refractivity contribution >= 4 is 0 Å². The second-order valence-electron chi connectivity index (χ2n) is 5.94. The summed E-state index contributed by atoms with van der Waals surface area (Å²) in [5.41, 5.74) is 1.59. The van der Waals surface area contributed by atoms with E-state index in [0.29, 0.717) is 0 Å². The zero-order valence-electron chi connectivity index (χ0n) is 8.56. The van der Waals surface area contributed by atoms with Gasteiger partial charge in [0.05, 0.1) is 0 Å². The van der Waals surface area contributed by atoms with Crippen LogP contribution in [0.1, 0.15) is 46.5 Å². The Morgan fingerprint density at radius 2 is 1.92 bits per heavy atom. The molecule has 0 saturated heterocycles. The van der Waals surface area contributed by atoms with Gasteiger partial charge in [-0.15, -0.1) is 0 Å². The van der Waals surface area contributed by atoms with Gasteiger partial charge in [0.25, 0.3) is 0 Å². The van der Waals surface area contributed by atoms with E-state index in [2.05, 4.69) is 20.8 Å². The molecule has 5 unspecified atom stereocenters. The summed E-state index contributed by atoms with van der Waals surface area (Å²) in [4.78, 5) is 0. The Bertz CT molecular complexity index is 224. The monoisotopic (exact) mass is 164 g/mol. The summed E-state index contributed by atoms with van der Waals surface area (Å²) in [6.45, 7) is 7.58. The molecular weight excluding hydrogens is 144 g/mol. The number of rotatable bonds is 0. The van der Waals surface area contributed by atoms with E-state index in [4.69, 9.17) is 0 Å². The molecule has 12 heavy (non-hydrogen) atoms. The maximum atomic E-state index is 2.58. The SMILES string of the molecule is CC1CC(C)C23CC2CCC13C. The van der Waals surface area contributed by atoms with Crippen molar-refractivity contribution in [3.8, 4) is 0 Å². The predicted molar refractivity (Wildman–Crippen MR) is 50.8 cm³/mol. The molecule has 3 rings (SSSR count). The Balaban J connectivity index is 2.07. The van der Waals surface area contributed by atoms with Crippen molar-refractivity contribution in [2.24, 2.45) is 28.6 Å². The van der Waals surface area contributed by atoms with Gasteiger partial charge in [-0.05, 0) is 54.3 Å². The van der Waals surface area contributed by atoms with Crippen LogP contribution in [0, 0.1) is 28.6 Å². The van der Waals surface area contributed by atoms with Gasteiger partial charge in [0.15, 0.2) is 0 Å². The molecule has 0 amide bonds. The smallest absolute Gasteiger partial charge is 0.0184 e. The fourth-order valence-corrected chi connectivity index (χ4v) is 4.99. The van der Waals surface area contributed by atoms with Crippen molar-refractivity contribution in [2.45, 2.75) is 46.5 Å². The van der Waals surface area contributed by atoms with E-state index < -0.39 is 0 Å². The largest absolute Gasteiger partial charge is 0.0620 e. The van der Waals surface area contributed by atoms with Gasteiger partial charge in [-0.3, -0.25) is 0 Å². The lowest BCUT2D eigenvalue weighted by Gasteiger charge is -2.33. The van der Waals surface area contributed by atoms with Gasteiger partial charge in [-0.1, -0.05) is 20.8 Å². The third-order valence-corrected chi connectivity index (χ3v) is 5.90. The molecule has 0 bridgehead atoms. The highest BCUT2D eigenvalue weighted by Crippen LogP contribution is 2.81. The molecule has 3 aliphatic carbocycles. The molecule has 0 nitrogen and oxygen atoms in total. The van der Waals surface area contributed by atoms with Gasteiger partial charge in [-0.2, -0.15) is 0 Å². The molecule has 0 N–H and O–H groups in total. The third kappa shape index (κ3) is 0.506. The Morgan fingerprint density at radius 3 is 2.50 bits per heavy atom. The molecule has 68 valence electrons. The molecule has 0 aromatic carbocycles. The summed E-state index contributed by atoms with van der Waals surface area (Å²) in [6.07, 6.45) is 6.16. The van der Waals surface area contributed by atoms with Gasteiger partial charge in [0.1, 0.15) is 0 Å². The van der Waals surface area contributed by atoms with Crippen molar-refractivity contribution < 1.29 is 0 Å². The van der Waals surface area contributed by atoms with Gasteiger partial charge < -0.3 is 0 Å². The highest BCUT2D eigenvalue weighted by molar-refractivity contribution is 5.23. The number of hydrogen-bond acceptors (Lipinski definition) is 0. The Labute approximate surface area is 75.7 Å². The molecule has 0 aromatic rings. The van der Waals surface area contributed by atoms with Crippen LogP contribution in [0.5, 0.6) is 0 Å². The standard InChI is InChI=1S/C12H20/c1-8-6-9(2)12-7-10(12)4-5-11(8,12)3/h8-10H,4-7H2,1-3H3. The van der Waals surface area contributed by atoms with Crippen LogP contribution in [0.15, 0.2) is 0 Å². The van der Waals surface area contributed by atoms with Crippen molar-refractivity contribution in [2.75, 3.05) is 0 Å². The van der Waals surface area contributed by atoms with Crippen LogP contribution in [0.25, 0.3) is 0 Å². The van der Waals surface area contributed by atoms with Gasteiger partial charge >= 0.3 is 0 Å². The maximum Gasteiger partial charge on any atom is -0.0184 e. The Morgan fingerprint density at radius 1 is 1.17 bits per heavy atom. The van der Waals surface area contributed by atoms with Crippen LogP contribution >= 0.6 is 0 Å². The first-order valence-electron chi connectivity index (χ1n) is 5.61. The van der Waals surface area contributed by atoms with E-state index in [9.17, 15) is 0 Å². The molecule has 3 aliphatic rings. The molecule has 0 aromatic heterocycles. The first kappa shape index (κ1) is 7.41. The molecule has 0 heterocycles. The van der Waals surface area contributed by atoms with E-state index in [-0.39, 0.29) is 0 Å². The van der Waals surface area contributed by atoms with Crippen LogP contribution in [-0.2, 0) is 0 Å². The third-order valence-electron chi connectivity index (χ3n) is 5.90. The van der Waals surface area contributed by atoms with E-state index in [1.165, 1.54) is 12.8 Å². The lowest BCUT2D eigenvalue weighted by Crippen LogP contribution is -2.27. The van der Waals surface area contributed by atoms with E-state index >= 15 is 0 Å². The van der Waals surface area contributed by atoms with Gasteiger partial charge in [-0.25, -0.2) is 0 Å². The van der Waals surface area contributed by atoms with E-state index in [1.807, 2.05) is 0 Å². The number of hydrogen-bond donors (Lipinski definition) is 0. The summed E-state index contributed by atoms with van der Waals surface area (Å²) >= 11 is 0. The molecular formula is C12H20. The summed E-state index contributed by atoms with van der Waals surface area (Å²) in [5.74, 6) is 3.17. The van der Waals surface area contributed by atoms with E-state index in [0.717, 1.165) is 28.6 Å². The van der Waals surface area contributed by atoms with Crippen LogP contribution < -0.4 is 0 Å². The van der Waals surface area contributed by atoms with Crippen molar-refractivity contribution in [3.63, 3.8) is 0 Å². The lowest BCUT2D eigenvalue weighted by molar-refractivity contribution is 0.149. The lowest BCUT2D eigenvalue weighted by atomic mass is 9.71. The normalized spacial score (nSPS) is 67.8. The van der Waals surface area contributed by atoms with Crippen LogP contribution in [-0.4, -0.2) is 0 Å². The van der Waals surface area contributed by atoms with Crippen LogP contribution in [0.2, 0.25) is 0 Å². The quantitative estimate of drug-likeness (QED) is 0.514. The molecule has 0 heteroatoms. The second kappa shape index (κ2) is 1.76. The van der Waals surface area contributed by atoms with Gasteiger partial charge in [0.2, 0.25) is 0 Å². The summed E-state index contributed by atoms with van der Waals surface area (Å²) in [5, 5.41) is 0. The first-order chi connectivity index (χ1) is 5.61.